The Labute approximate surface area is 182 Å². The predicted octanol–water partition coefficient (Wildman–Crippen LogP) is 6.46. The molecule has 0 aliphatic heterocycles. The average Bonchev–Trinajstić information content (AvgIpc) is 2.76. The molecule has 0 atom stereocenters. The number of unbranched alkanes of at least 4 members (excludes halogenated alkanes) is 11. The highest BCUT2D eigenvalue weighted by molar-refractivity contribution is 5.80. The summed E-state index contributed by atoms with van der Waals surface area (Å²) in [5, 5.41) is 9.84. The van der Waals surface area contributed by atoms with Crippen LogP contribution < -0.4 is 10.3 Å². The first-order chi connectivity index (χ1) is 14.8. The molecule has 0 radical (unpaired) electrons. The van der Waals surface area contributed by atoms with Gasteiger partial charge in [-0.2, -0.15) is 0 Å². The van der Waals surface area contributed by atoms with E-state index in [4.69, 9.17) is 9.84 Å². The van der Waals surface area contributed by atoms with Gasteiger partial charge in [0.15, 0.2) is 5.75 Å². The molecule has 0 saturated heterocycles. The van der Waals surface area contributed by atoms with Gasteiger partial charge in [0, 0.05) is 18.5 Å². The Balaban J connectivity index is 1.73. The Morgan fingerprint density at radius 2 is 1.47 bits per heavy atom. The molecule has 2 rings (SSSR count). The van der Waals surface area contributed by atoms with E-state index in [-0.39, 0.29) is 5.56 Å². The highest BCUT2D eigenvalue weighted by atomic mass is 16.5. The van der Waals surface area contributed by atoms with E-state index >= 15 is 0 Å². The normalized spacial score (nSPS) is 11.3. The van der Waals surface area contributed by atoms with Crippen LogP contribution in [0, 0.1) is 0 Å². The summed E-state index contributed by atoms with van der Waals surface area (Å²) >= 11 is 0. The summed E-state index contributed by atoms with van der Waals surface area (Å²) in [5.41, 5.74) is 1.01. The maximum atomic E-state index is 12.9. The van der Waals surface area contributed by atoms with Crippen LogP contribution in [-0.4, -0.2) is 22.9 Å². The van der Waals surface area contributed by atoms with Crippen LogP contribution in [0.2, 0.25) is 0 Å². The number of nitrogens with zero attached hydrogens (tertiary/aromatic N) is 1. The predicted molar refractivity (Wildman–Crippen MR) is 126 cm³/mol. The fraction of sp³-hybridized carbons (Fsp3) is 0.654. The van der Waals surface area contributed by atoms with Gasteiger partial charge in [-0.1, -0.05) is 89.3 Å². The molecule has 0 amide bonds. The Morgan fingerprint density at radius 1 is 0.833 bits per heavy atom. The van der Waals surface area contributed by atoms with Crippen LogP contribution in [0.15, 0.2) is 35.1 Å². The Bertz CT molecular complexity index is 768. The van der Waals surface area contributed by atoms with Gasteiger partial charge in [0.1, 0.15) is 0 Å². The number of hydrogen-bond acceptors (Lipinski definition) is 3. The highest BCUT2D eigenvalue weighted by Gasteiger charge is 2.10. The summed E-state index contributed by atoms with van der Waals surface area (Å²) in [6.45, 7) is 3.88. The SMILES string of the molecule is CCCCCn1c(=O)c(OCCCCCCCCCCCCO)cc2ccccc21. The van der Waals surface area contributed by atoms with E-state index in [0.717, 1.165) is 62.4 Å². The topological polar surface area (TPSA) is 51.5 Å². The molecular weight excluding hydrogens is 374 g/mol. The number of ether oxygens (including phenoxy) is 1. The second-order valence-corrected chi connectivity index (χ2v) is 8.34. The van der Waals surface area contributed by atoms with Gasteiger partial charge in [0.25, 0.3) is 5.56 Å². The molecule has 2 aromatic rings. The largest absolute Gasteiger partial charge is 0.488 e. The van der Waals surface area contributed by atoms with Crippen LogP contribution in [0.3, 0.4) is 0 Å². The van der Waals surface area contributed by atoms with Crippen LogP contribution in [0.1, 0.15) is 90.4 Å². The van der Waals surface area contributed by atoms with Gasteiger partial charge in [0.05, 0.1) is 12.1 Å². The van der Waals surface area contributed by atoms with Gasteiger partial charge in [0.2, 0.25) is 0 Å². The van der Waals surface area contributed by atoms with Crippen molar-refractivity contribution >= 4 is 10.9 Å². The van der Waals surface area contributed by atoms with Crippen molar-refractivity contribution in [2.24, 2.45) is 0 Å². The zero-order chi connectivity index (χ0) is 21.4. The first kappa shape index (κ1) is 24.5. The molecule has 1 aromatic heterocycles. The van der Waals surface area contributed by atoms with Crippen LogP contribution >= 0.6 is 0 Å². The van der Waals surface area contributed by atoms with Crippen LogP contribution in [0.4, 0.5) is 0 Å². The third-order valence-corrected chi connectivity index (χ3v) is 5.77. The molecule has 30 heavy (non-hydrogen) atoms. The van der Waals surface area contributed by atoms with Crippen molar-refractivity contribution in [3.63, 3.8) is 0 Å². The fourth-order valence-corrected chi connectivity index (χ4v) is 3.96. The monoisotopic (exact) mass is 415 g/mol. The molecule has 0 bridgehead atoms. The summed E-state index contributed by atoms with van der Waals surface area (Å²) in [6, 6.07) is 10.00. The molecule has 0 unspecified atom stereocenters. The molecule has 0 spiro atoms. The Hall–Kier alpha value is -1.81. The van der Waals surface area contributed by atoms with Gasteiger partial charge in [-0.05, 0) is 31.4 Å². The standard InChI is InChI=1S/C26H41NO3/c1-2-3-14-19-27-24-18-13-12-17-23(24)22-25(26(27)29)30-21-16-11-9-7-5-4-6-8-10-15-20-28/h12-13,17-18,22,28H,2-11,14-16,19-21H2,1H3. The van der Waals surface area contributed by atoms with E-state index in [9.17, 15) is 4.79 Å². The maximum absolute atomic E-state index is 12.9. The van der Waals surface area contributed by atoms with Gasteiger partial charge in [-0.15, -0.1) is 0 Å². The summed E-state index contributed by atoms with van der Waals surface area (Å²) in [4.78, 5) is 12.9. The number of para-hydroxylation sites is 1. The first-order valence-electron chi connectivity index (χ1n) is 12.1. The third kappa shape index (κ3) is 8.51. The minimum absolute atomic E-state index is 0.00556. The first-order valence-corrected chi connectivity index (χ1v) is 12.1. The van der Waals surface area contributed by atoms with Crippen molar-refractivity contribution in [2.75, 3.05) is 13.2 Å². The van der Waals surface area contributed by atoms with Gasteiger partial charge < -0.3 is 14.4 Å². The zero-order valence-electron chi connectivity index (χ0n) is 18.9. The Kier molecular flexibility index (Phi) is 12.3. The van der Waals surface area contributed by atoms with E-state index in [0.29, 0.717) is 19.0 Å². The van der Waals surface area contributed by atoms with Gasteiger partial charge in [-0.3, -0.25) is 4.79 Å². The summed E-state index contributed by atoms with van der Waals surface area (Å²) in [7, 11) is 0. The number of rotatable bonds is 17. The lowest BCUT2D eigenvalue weighted by Gasteiger charge is -2.13. The lowest BCUT2D eigenvalue weighted by atomic mass is 10.1. The van der Waals surface area contributed by atoms with Crippen molar-refractivity contribution in [1.29, 1.82) is 0 Å². The number of benzene rings is 1. The molecule has 1 heterocycles. The number of aromatic nitrogens is 1. The van der Waals surface area contributed by atoms with Crippen LogP contribution in [-0.2, 0) is 6.54 Å². The average molecular weight is 416 g/mol. The second-order valence-electron chi connectivity index (χ2n) is 8.34. The van der Waals surface area contributed by atoms with Crippen molar-refractivity contribution in [3.8, 4) is 5.75 Å². The summed E-state index contributed by atoms with van der Waals surface area (Å²) < 4.78 is 7.81. The molecule has 0 aliphatic rings. The van der Waals surface area contributed by atoms with Crippen molar-refractivity contribution in [2.45, 2.75) is 96.9 Å². The van der Waals surface area contributed by atoms with E-state index in [1.54, 1.807) is 0 Å². The minimum atomic E-state index is 0.00556. The maximum Gasteiger partial charge on any atom is 0.293 e. The molecule has 4 nitrogen and oxygen atoms in total. The van der Waals surface area contributed by atoms with Gasteiger partial charge >= 0.3 is 0 Å². The minimum Gasteiger partial charge on any atom is -0.488 e. The van der Waals surface area contributed by atoms with E-state index in [1.165, 1.54) is 38.5 Å². The molecule has 0 aliphatic carbocycles. The van der Waals surface area contributed by atoms with Gasteiger partial charge in [-0.25, -0.2) is 0 Å². The molecular formula is C26H41NO3. The van der Waals surface area contributed by atoms with Crippen molar-refractivity contribution in [1.82, 2.24) is 4.57 Å². The van der Waals surface area contributed by atoms with Crippen molar-refractivity contribution in [3.05, 3.63) is 40.7 Å². The number of aliphatic hydroxyl groups is 1. The number of aryl methyl sites for hydroxylation is 1. The number of aliphatic hydroxyl groups excluding tert-OH is 1. The molecule has 168 valence electrons. The smallest absolute Gasteiger partial charge is 0.293 e. The molecule has 0 saturated carbocycles. The van der Waals surface area contributed by atoms with E-state index in [1.807, 2.05) is 28.8 Å². The number of pyridine rings is 1. The van der Waals surface area contributed by atoms with Crippen molar-refractivity contribution < 1.29 is 9.84 Å². The summed E-state index contributed by atoms with van der Waals surface area (Å²) in [5.74, 6) is 0.494. The summed E-state index contributed by atoms with van der Waals surface area (Å²) in [6.07, 6.45) is 15.2. The van der Waals surface area contributed by atoms with E-state index in [2.05, 4.69) is 13.0 Å². The van der Waals surface area contributed by atoms with Crippen LogP contribution in [0.5, 0.6) is 5.75 Å². The molecule has 1 aromatic carbocycles. The highest BCUT2D eigenvalue weighted by Crippen LogP contribution is 2.18. The number of hydrogen-bond donors (Lipinski definition) is 1. The van der Waals surface area contributed by atoms with E-state index < -0.39 is 0 Å². The number of fused-ring (bicyclic) bond motifs is 1. The molecule has 1 N–H and O–H groups in total. The second kappa shape index (κ2) is 15.1. The molecule has 4 heteroatoms. The third-order valence-electron chi connectivity index (χ3n) is 5.77. The zero-order valence-corrected chi connectivity index (χ0v) is 18.9. The lowest BCUT2D eigenvalue weighted by Crippen LogP contribution is -2.23. The quantitative estimate of drug-likeness (QED) is 0.301. The Morgan fingerprint density at radius 3 is 2.13 bits per heavy atom. The molecule has 0 fully saturated rings. The lowest BCUT2D eigenvalue weighted by molar-refractivity contribution is 0.282. The fourth-order valence-electron chi connectivity index (χ4n) is 3.96. The van der Waals surface area contributed by atoms with Crippen LogP contribution in [0.25, 0.3) is 10.9 Å².